The second-order valence-electron chi connectivity index (χ2n) is 14.0. The predicted molar refractivity (Wildman–Crippen MR) is 197 cm³/mol. The lowest BCUT2D eigenvalue weighted by atomic mass is 9.98. The summed E-state index contributed by atoms with van der Waals surface area (Å²) in [6.45, 7) is 5.05. The van der Waals surface area contributed by atoms with Crippen molar-refractivity contribution in [1.82, 2.24) is 14.7 Å². The molecule has 1 aliphatic heterocycles. The standard InChI is InChI=1S/C43H47F6N3O2/c1-2-3-6-11-32-16-18-35(19-17-32)31-52(40(53)21-20-36-26-37(42(44,45)46)29-38(27-36)43(47,48)49)39(28-33-12-7-4-8-13-33)41(54)51-24-22-50(23-25-51)30-34-14-9-5-10-15-34/h4-5,7-10,12-19,26-27,29,39H,2-3,6,11,20-25,28,30-31H2,1H3/t39-/m0/s1. The average molecular weight is 752 g/mol. The number of carbonyl (C=O) groups excluding carboxylic acids is 2. The van der Waals surface area contributed by atoms with E-state index < -0.39 is 41.8 Å². The van der Waals surface area contributed by atoms with E-state index in [-0.39, 0.29) is 36.9 Å². The van der Waals surface area contributed by atoms with Crippen molar-refractivity contribution < 1.29 is 35.9 Å². The maximum atomic E-state index is 14.6. The predicted octanol–water partition coefficient (Wildman–Crippen LogP) is 9.37. The molecule has 5 nitrogen and oxygen atoms in total. The van der Waals surface area contributed by atoms with E-state index in [1.807, 2.05) is 72.8 Å². The number of benzene rings is 4. The third kappa shape index (κ3) is 11.7. The first kappa shape index (κ1) is 40.5. The molecular weight excluding hydrogens is 704 g/mol. The van der Waals surface area contributed by atoms with Gasteiger partial charge in [0.1, 0.15) is 6.04 Å². The highest BCUT2D eigenvalue weighted by Gasteiger charge is 2.38. The van der Waals surface area contributed by atoms with Gasteiger partial charge in [-0.05, 0) is 65.3 Å². The number of alkyl halides is 6. The average Bonchev–Trinajstić information content (AvgIpc) is 3.16. The molecule has 1 aliphatic rings. The lowest BCUT2D eigenvalue weighted by Gasteiger charge is -2.39. The quantitative estimate of drug-likeness (QED) is 0.0899. The molecule has 1 fully saturated rings. The molecule has 11 heteroatoms. The zero-order valence-electron chi connectivity index (χ0n) is 30.5. The summed E-state index contributed by atoms with van der Waals surface area (Å²) in [4.78, 5) is 34.3. The van der Waals surface area contributed by atoms with Crippen LogP contribution in [-0.4, -0.2) is 58.7 Å². The number of carbonyl (C=O) groups is 2. The van der Waals surface area contributed by atoms with Crippen molar-refractivity contribution in [3.8, 4) is 0 Å². The lowest BCUT2D eigenvalue weighted by molar-refractivity contribution is -0.147. The van der Waals surface area contributed by atoms with Gasteiger partial charge in [-0.1, -0.05) is 105 Å². The fourth-order valence-corrected chi connectivity index (χ4v) is 6.86. The Morgan fingerprint density at radius 1 is 0.648 bits per heavy atom. The Hall–Kier alpha value is -4.64. The first-order valence-corrected chi connectivity index (χ1v) is 18.5. The summed E-state index contributed by atoms with van der Waals surface area (Å²) in [6.07, 6.45) is -6.46. The SMILES string of the molecule is CCCCCc1ccc(CN(C(=O)CCc2cc(C(F)(F)F)cc(C(F)(F)F)c2)[C@@H](Cc2ccccc2)C(=O)N2CCN(Cc3ccccc3)CC2)cc1. The van der Waals surface area contributed by atoms with Crippen LogP contribution in [0.15, 0.2) is 103 Å². The number of halogens is 6. The highest BCUT2D eigenvalue weighted by Crippen LogP contribution is 2.36. The molecule has 54 heavy (non-hydrogen) atoms. The topological polar surface area (TPSA) is 43.9 Å². The van der Waals surface area contributed by atoms with Crippen molar-refractivity contribution >= 4 is 11.8 Å². The molecule has 1 saturated heterocycles. The normalized spacial score (nSPS) is 14.5. The number of nitrogens with zero attached hydrogens (tertiary/aromatic N) is 3. The molecule has 0 N–H and O–H groups in total. The Bertz CT molecular complexity index is 1760. The molecule has 1 atom stereocenters. The molecule has 288 valence electrons. The summed E-state index contributed by atoms with van der Waals surface area (Å²) in [7, 11) is 0. The van der Waals surface area contributed by atoms with Crippen LogP contribution in [-0.2, 0) is 54.3 Å². The van der Waals surface area contributed by atoms with Crippen LogP contribution in [0.25, 0.3) is 0 Å². The van der Waals surface area contributed by atoms with Crippen LogP contribution in [0.4, 0.5) is 26.3 Å². The van der Waals surface area contributed by atoms with Gasteiger partial charge >= 0.3 is 12.4 Å². The molecule has 5 rings (SSSR count). The monoisotopic (exact) mass is 751 g/mol. The van der Waals surface area contributed by atoms with Crippen molar-refractivity contribution in [2.24, 2.45) is 0 Å². The molecule has 0 aromatic heterocycles. The van der Waals surface area contributed by atoms with Gasteiger partial charge in [-0.3, -0.25) is 14.5 Å². The molecule has 1 heterocycles. The van der Waals surface area contributed by atoms with Crippen LogP contribution >= 0.6 is 0 Å². The number of hydrogen-bond acceptors (Lipinski definition) is 3. The van der Waals surface area contributed by atoms with Gasteiger partial charge in [0.25, 0.3) is 0 Å². The van der Waals surface area contributed by atoms with E-state index in [1.54, 1.807) is 4.90 Å². The Balaban J connectivity index is 1.43. The summed E-state index contributed by atoms with van der Waals surface area (Å²) >= 11 is 0. The van der Waals surface area contributed by atoms with Crippen LogP contribution in [0.2, 0.25) is 0 Å². The number of aryl methyl sites for hydroxylation is 2. The molecule has 4 aromatic carbocycles. The Kier molecular flexibility index (Phi) is 14.0. The second kappa shape index (κ2) is 18.6. The maximum absolute atomic E-state index is 14.6. The van der Waals surface area contributed by atoms with Gasteiger partial charge in [-0.2, -0.15) is 26.3 Å². The van der Waals surface area contributed by atoms with E-state index in [4.69, 9.17) is 0 Å². The van der Waals surface area contributed by atoms with Crippen molar-refractivity contribution in [2.75, 3.05) is 26.2 Å². The highest BCUT2D eigenvalue weighted by atomic mass is 19.4. The van der Waals surface area contributed by atoms with Gasteiger partial charge in [-0.15, -0.1) is 0 Å². The van der Waals surface area contributed by atoms with Gasteiger partial charge in [0.05, 0.1) is 11.1 Å². The lowest BCUT2D eigenvalue weighted by Crippen LogP contribution is -2.56. The van der Waals surface area contributed by atoms with E-state index in [1.165, 1.54) is 4.90 Å². The maximum Gasteiger partial charge on any atom is 0.416 e. The molecule has 0 radical (unpaired) electrons. The minimum Gasteiger partial charge on any atom is -0.338 e. The molecule has 4 aromatic rings. The fourth-order valence-electron chi connectivity index (χ4n) is 6.86. The molecule has 0 spiro atoms. The molecule has 0 saturated carbocycles. The van der Waals surface area contributed by atoms with Crippen LogP contribution in [0.5, 0.6) is 0 Å². The van der Waals surface area contributed by atoms with E-state index in [9.17, 15) is 35.9 Å². The van der Waals surface area contributed by atoms with Gasteiger partial charge in [0.2, 0.25) is 11.8 Å². The number of rotatable bonds is 15. The summed E-state index contributed by atoms with van der Waals surface area (Å²) in [5.41, 5.74) is 0.756. The van der Waals surface area contributed by atoms with Gasteiger partial charge in [0.15, 0.2) is 0 Å². The zero-order chi connectivity index (χ0) is 38.7. The van der Waals surface area contributed by atoms with Crippen LogP contribution < -0.4 is 0 Å². The number of hydrogen-bond donors (Lipinski definition) is 0. The third-order valence-corrected chi connectivity index (χ3v) is 9.91. The van der Waals surface area contributed by atoms with E-state index in [0.717, 1.165) is 54.5 Å². The van der Waals surface area contributed by atoms with Crippen LogP contribution in [0, 0.1) is 0 Å². The molecule has 0 bridgehead atoms. The Morgan fingerprint density at radius 3 is 1.76 bits per heavy atom. The minimum absolute atomic E-state index is 0.0433. The first-order valence-electron chi connectivity index (χ1n) is 18.5. The number of piperazine rings is 1. The van der Waals surface area contributed by atoms with Crippen molar-refractivity contribution in [1.29, 1.82) is 0 Å². The van der Waals surface area contributed by atoms with E-state index in [2.05, 4.69) is 24.0 Å². The minimum atomic E-state index is -5.01. The highest BCUT2D eigenvalue weighted by molar-refractivity contribution is 5.88. The molecule has 0 aliphatic carbocycles. The molecule has 2 amide bonds. The summed E-state index contributed by atoms with van der Waals surface area (Å²) in [5.74, 6) is -0.786. The fraction of sp³-hybridized carbons (Fsp3) is 0.395. The summed E-state index contributed by atoms with van der Waals surface area (Å²) in [6, 6.07) is 27.6. The second-order valence-corrected chi connectivity index (χ2v) is 14.0. The third-order valence-electron chi connectivity index (χ3n) is 9.91. The smallest absolute Gasteiger partial charge is 0.338 e. The largest absolute Gasteiger partial charge is 0.416 e. The summed E-state index contributed by atoms with van der Waals surface area (Å²) in [5, 5.41) is 0. The van der Waals surface area contributed by atoms with Crippen LogP contribution in [0.3, 0.4) is 0 Å². The van der Waals surface area contributed by atoms with Gasteiger partial charge in [-0.25, -0.2) is 0 Å². The first-order chi connectivity index (χ1) is 25.8. The Morgan fingerprint density at radius 2 is 1.20 bits per heavy atom. The van der Waals surface area contributed by atoms with Crippen LogP contribution in [0.1, 0.15) is 71.6 Å². The molecular formula is C43H47F6N3O2. The van der Waals surface area contributed by atoms with Gasteiger partial charge in [0, 0.05) is 52.1 Å². The number of amides is 2. The summed E-state index contributed by atoms with van der Waals surface area (Å²) < 4.78 is 81.9. The zero-order valence-corrected chi connectivity index (χ0v) is 30.5. The van der Waals surface area contributed by atoms with Gasteiger partial charge < -0.3 is 9.80 Å². The van der Waals surface area contributed by atoms with E-state index >= 15 is 0 Å². The van der Waals surface area contributed by atoms with E-state index in [0.29, 0.717) is 38.3 Å². The van der Waals surface area contributed by atoms with Crippen molar-refractivity contribution in [3.63, 3.8) is 0 Å². The molecule has 0 unspecified atom stereocenters. The number of unbranched alkanes of at least 4 members (excludes halogenated alkanes) is 2. The van der Waals surface area contributed by atoms with Crippen molar-refractivity contribution in [3.05, 3.63) is 142 Å². The Labute approximate surface area is 313 Å². The van der Waals surface area contributed by atoms with Crippen molar-refractivity contribution in [2.45, 2.75) is 83.4 Å².